The molecule has 1 aliphatic rings. The first-order chi connectivity index (χ1) is 3.43. The third-order valence-electron chi connectivity index (χ3n) is 1.30. The minimum absolute atomic E-state index is 0. The molecule has 0 bridgehead atoms. The summed E-state index contributed by atoms with van der Waals surface area (Å²) in [6.45, 7) is 2.19. The van der Waals surface area contributed by atoms with Gasteiger partial charge in [0.2, 0.25) is 0 Å². The van der Waals surface area contributed by atoms with Crippen molar-refractivity contribution in [3.05, 3.63) is 23.8 Å². The van der Waals surface area contributed by atoms with Crippen LogP contribution < -0.4 is 0 Å². The summed E-state index contributed by atoms with van der Waals surface area (Å²) in [6, 6.07) is 0. The van der Waals surface area contributed by atoms with Crippen LogP contribution in [0.2, 0.25) is 0 Å². The van der Waals surface area contributed by atoms with E-state index in [0.29, 0.717) is 0 Å². The molecule has 0 spiro atoms. The van der Waals surface area contributed by atoms with Crippen LogP contribution in [-0.4, -0.2) is 0 Å². The van der Waals surface area contributed by atoms with Gasteiger partial charge in [-0.3, -0.25) is 0 Å². The first kappa shape index (κ1) is 7.97. The van der Waals surface area contributed by atoms with Crippen molar-refractivity contribution < 1.29 is 16.5 Å². The molecule has 1 heteroatoms. The minimum atomic E-state index is 0. The Hall–Kier alpha value is -0.0265. The monoisotopic (exact) mass is 152 g/mol. The van der Waals surface area contributed by atoms with Crippen molar-refractivity contribution in [1.82, 2.24) is 0 Å². The summed E-state index contributed by atoms with van der Waals surface area (Å²) in [5, 5.41) is 0. The molecule has 48 valence electrons. The van der Waals surface area contributed by atoms with Gasteiger partial charge in [-0.15, -0.1) is 0 Å². The van der Waals surface area contributed by atoms with Crippen molar-refractivity contribution in [3.63, 3.8) is 0 Å². The van der Waals surface area contributed by atoms with Crippen LogP contribution in [0.25, 0.3) is 0 Å². The van der Waals surface area contributed by atoms with Gasteiger partial charge in [0.25, 0.3) is 0 Å². The second kappa shape index (κ2) is 3.91. The van der Waals surface area contributed by atoms with Gasteiger partial charge in [0.1, 0.15) is 0 Å². The summed E-state index contributed by atoms with van der Waals surface area (Å²) in [5.41, 5.74) is 1.56. The van der Waals surface area contributed by atoms with E-state index in [2.05, 4.69) is 25.2 Å². The third-order valence-corrected chi connectivity index (χ3v) is 1.30. The summed E-state index contributed by atoms with van der Waals surface area (Å²) in [6.07, 6.45) is 8.92. The molecule has 0 aromatic rings. The van der Waals surface area contributed by atoms with Crippen LogP contribution >= 0.6 is 0 Å². The van der Waals surface area contributed by atoms with Crippen molar-refractivity contribution in [1.29, 1.82) is 0 Å². The second-order valence-corrected chi connectivity index (χ2v) is 1.81. The Labute approximate surface area is 60.6 Å². The number of hydrogen-bond donors (Lipinski definition) is 0. The van der Waals surface area contributed by atoms with Crippen molar-refractivity contribution in [3.8, 4) is 0 Å². The summed E-state index contributed by atoms with van der Waals surface area (Å²) in [5.74, 6) is 0. The standard InChI is InChI=1S/C7H10.Ni/c1-2-7-5-3-4-6-7;/h3-5H,2,6H2,1H3;. The summed E-state index contributed by atoms with van der Waals surface area (Å²) < 4.78 is 0. The molecule has 0 amide bonds. The third kappa shape index (κ3) is 1.83. The fourth-order valence-corrected chi connectivity index (χ4v) is 0.754. The SMILES string of the molecule is CCC1=CC=CC1.[Ni]. The van der Waals surface area contributed by atoms with Gasteiger partial charge in [-0.05, 0) is 12.8 Å². The fourth-order valence-electron chi connectivity index (χ4n) is 0.754. The molecule has 0 aromatic heterocycles. The Balaban J connectivity index is 0.000000490. The molecule has 1 rings (SSSR count). The maximum Gasteiger partial charge on any atom is 0 e. The van der Waals surface area contributed by atoms with E-state index in [9.17, 15) is 0 Å². The van der Waals surface area contributed by atoms with Gasteiger partial charge >= 0.3 is 0 Å². The molecule has 0 unspecified atom stereocenters. The van der Waals surface area contributed by atoms with Gasteiger partial charge in [0.05, 0.1) is 0 Å². The zero-order valence-electron chi connectivity index (χ0n) is 4.96. The normalized spacial score (nSPS) is 15.4. The van der Waals surface area contributed by atoms with E-state index in [1.54, 1.807) is 5.57 Å². The molecular weight excluding hydrogens is 143 g/mol. The maximum absolute atomic E-state index is 2.19. The largest absolute Gasteiger partial charge is 0.0805 e. The van der Waals surface area contributed by atoms with Crippen LogP contribution in [0.15, 0.2) is 23.8 Å². The van der Waals surface area contributed by atoms with Gasteiger partial charge in [-0.2, -0.15) is 0 Å². The van der Waals surface area contributed by atoms with E-state index >= 15 is 0 Å². The summed E-state index contributed by atoms with van der Waals surface area (Å²) in [7, 11) is 0. The smallest absolute Gasteiger partial charge is 0 e. The molecule has 0 saturated carbocycles. The first-order valence-electron chi connectivity index (χ1n) is 2.78. The molecule has 0 aromatic carbocycles. The van der Waals surface area contributed by atoms with Gasteiger partial charge in [-0.25, -0.2) is 0 Å². The van der Waals surface area contributed by atoms with Gasteiger partial charge in [0.15, 0.2) is 0 Å². The van der Waals surface area contributed by atoms with E-state index in [0.717, 1.165) is 0 Å². The van der Waals surface area contributed by atoms with Crippen LogP contribution in [-0.2, 0) is 16.5 Å². The predicted octanol–water partition coefficient (Wildman–Crippen LogP) is 2.28. The Bertz CT molecular complexity index is 112. The topological polar surface area (TPSA) is 0 Å². The maximum atomic E-state index is 2.19. The van der Waals surface area contributed by atoms with Crippen molar-refractivity contribution in [2.75, 3.05) is 0 Å². The predicted molar refractivity (Wildman–Crippen MR) is 32.1 cm³/mol. The molecule has 0 atom stereocenters. The average molecular weight is 153 g/mol. The van der Waals surface area contributed by atoms with Crippen LogP contribution in [0.5, 0.6) is 0 Å². The Morgan fingerprint density at radius 1 is 1.62 bits per heavy atom. The number of hydrogen-bond acceptors (Lipinski definition) is 0. The zero-order chi connectivity index (χ0) is 5.11. The van der Waals surface area contributed by atoms with Gasteiger partial charge in [0, 0.05) is 16.5 Å². The van der Waals surface area contributed by atoms with Crippen molar-refractivity contribution in [2.24, 2.45) is 0 Å². The Morgan fingerprint density at radius 2 is 2.38 bits per heavy atom. The van der Waals surface area contributed by atoms with Crippen LogP contribution in [0.4, 0.5) is 0 Å². The van der Waals surface area contributed by atoms with E-state index in [1.165, 1.54) is 12.8 Å². The zero-order valence-corrected chi connectivity index (χ0v) is 5.95. The molecule has 0 aliphatic heterocycles. The Morgan fingerprint density at radius 3 is 2.62 bits per heavy atom. The number of rotatable bonds is 1. The van der Waals surface area contributed by atoms with Crippen LogP contribution in [0, 0.1) is 0 Å². The average Bonchev–Trinajstić information content (AvgIpc) is 2.14. The fraction of sp³-hybridized carbons (Fsp3) is 0.429. The number of allylic oxidation sites excluding steroid dienone is 4. The molecule has 0 heterocycles. The van der Waals surface area contributed by atoms with Gasteiger partial charge < -0.3 is 0 Å². The second-order valence-electron chi connectivity index (χ2n) is 1.81. The quantitative estimate of drug-likeness (QED) is 0.506. The van der Waals surface area contributed by atoms with Crippen LogP contribution in [0.1, 0.15) is 19.8 Å². The Kier molecular flexibility index (Phi) is 3.90. The summed E-state index contributed by atoms with van der Waals surface area (Å²) >= 11 is 0. The minimum Gasteiger partial charge on any atom is -0.0805 e. The molecular formula is C7H10Ni. The van der Waals surface area contributed by atoms with E-state index in [-0.39, 0.29) is 16.5 Å². The van der Waals surface area contributed by atoms with Gasteiger partial charge in [-0.1, -0.05) is 30.7 Å². The van der Waals surface area contributed by atoms with E-state index in [4.69, 9.17) is 0 Å². The van der Waals surface area contributed by atoms with E-state index < -0.39 is 0 Å². The molecule has 0 radical (unpaired) electrons. The molecule has 0 saturated heterocycles. The van der Waals surface area contributed by atoms with Crippen LogP contribution in [0.3, 0.4) is 0 Å². The molecule has 8 heavy (non-hydrogen) atoms. The molecule has 0 N–H and O–H groups in total. The van der Waals surface area contributed by atoms with E-state index in [1.807, 2.05) is 0 Å². The van der Waals surface area contributed by atoms with Crippen molar-refractivity contribution >= 4 is 0 Å². The van der Waals surface area contributed by atoms with Crippen molar-refractivity contribution in [2.45, 2.75) is 19.8 Å². The first-order valence-corrected chi connectivity index (χ1v) is 2.78. The molecule has 0 nitrogen and oxygen atoms in total. The summed E-state index contributed by atoms with van der Waals surface area (Å²) in [4.78, 5) is 0. The molecule has 1 aliphatic carbocycles. The molecule has 0 fully saturated rings.